The second-order valence-corrected chi connectivity index (χ2v) is 5.65. The predicted molar refractivity (Wildman–Crippen MR) is 73.6 cm³/mol. The second kappa shape index (κ2) is 5.80. The summed E-state index contributed by atoms with van der Waals surface area (Å²) in [6.07, 6.45) is 0.265. The number of rotatable bonds is 5. The van der Waals surface area contributed by atoms with E-state index in [0.29, 0.717) is 30.5 Å². The Morgan fingerprint density at radius 2 is 2.26 bits per heavy atom. The van der Waals surface area contributed by atoms with Crippen molar-refractivity contribution in [1.29, 1.82) is 0 Å². The van der Waals surface area contributed by atoms with E-state index in [1.54, 1.807) is 25.3 Å². The van der Waals surface area contributed by atoms with Crippen molar-refractivity contribution < 1.29 is 14.3 Å². The third-order valence-electron chi connectivity index (χ3n) is 3.21. The molecule has 1 aliphatic heterocycles. The molecule has 2 rings (SSSR count). The predicted octanol–water partition coefficient (Wildman–Crippen LogP) is 2.04. The maximum absolute atomic E-state index is 11.9. The van der Waals surface area contributed by atoms with Crippen molar-refractivity contribution in [1.82, 2.24) is 5.32 Å². The van der Waals surface area contributed by atoms with Crippen LogP contribution in [-0.4, -0.2) is 32.8 Å². The van der Waals surface area contributed by atoms with Crippen LogP contribution in [0.3, 0.4) is 0 Å². The summed E-state index contributed by atoms with van der Waals surface area (Å²) in [5.74, 6) is 0.645. The number of ether oxygens (including phenoxy) is 2. The van der Waals surface area contributed by atoms with Gasteiger partial charge in [0.2, 0.25) is 5.91 Å². The number of hydrogen-bond acceptors (Lipinski definition) is 3. The number of nitrogens with one attached hydrogen (secondary N) is 1. The van der Waals surface area contributed by atoms with E-state index in [1.165, 1.54) is 0 Å². The van der Waals surface area contributed by atoms with Crippen LogP contribution in [0.4, 0.5) is 0 Å². The first-order chi connectivity index (χ1) is 9.02. The van der Waals surface area contributed by atoms with Crippen molar-refractivity contribution in [2.45, 2.75) is 13.3 Å². The van der Waals surface area contributed by atoms with Crippen LogP contribution in [0.2, 0.25) is 5.02 Å². The minimum absolute atomic E-state index is 0.0336. The third-order valence-corrected chi connectivity index (χ3v) is 3.44. The first kappa shape index (κ1) is 14.2. The number of carbonyl (C=O) groups is 1. The van der Waals surface area contributed by atoms with Gasteiger partial charge in [0.15, 0.2) is 0 Å². The molecule has 19 heavy (non-hydrogen) atoms. The fraction of sp³-hybridized carbons (Fsp3) is 0.500. The maximum atomic E-state index is 11.9. The van der Waals surface area contributed by atoms with Crippen LogP contribution in [-0.2, 0) is 16.0 Å². The summed E-state index contributed by atoms with van der Waals surface area (Å²) in [5.41, 5.74) is 0.871. The molecule has 0 aromatic heterocycles. The monoisotopic (exact) mass is 283 g/mol. The lowest BCUT2D eigenvalue weighted by atomic mass is 9.89. The van der Waals surface area contributed by atoms with Crippen molar-refractivity contribution in [2.75, 3.05) is 26.9 Å². The van der Waals surface area contributed by atoms with Crippen LogP contribution in [0, 0.1) is 5.41 Å². The lowest BCUT2D eigenvalue weighted by Crippen LogP contribution is -2.48. The van der Waals surface area contributed by atoms with Gasteiger partial charge in [0.1, 0.15) is 5.75 Å². The summed E-state index contributed by atoms with van der Waals surface area (Å²) in [5, 5.41) is 3.53. The molecule has 0 radical (unpaired) electrons. The molecule has 104 valence electrons. The van der Waals surface area contributed by atoms with Crippen LogP contribution >= 0.6 is 11.6 Å². The Morgan fingerprint density at radius 1 is 1.53 bits per heavy atom. The average molecular weight is 284 g/mol. The van der Waals surface area contributed by atoms with Crippen LogP contribution in [0.15, 0.2) is 18.2 Å². The number of benzene rings is 1. The Kier molecular flexibility index (Phi) is 4.32. The topological polar surface area (TPSA) is 47.6 Å². The molecule has 1 aromatic carbocycles. The van der Waals surface area contributed by atoms with E-state index >= 15 is 0 Å². The summed E-state index contributed by atoms with van der Waals surface area (Å²) in [7, 11) is 1.58. The summed E-state index contributed by atoms with van der Waals surface area (Å²) < 4.78 is 10.4. The van der Waals surface area contributed by atoms with Gasteiger partial charge >= 0.3 is 0 Å². The molecule has 1 fully saturated rings. The SMILES string of the molecule is COc1ccc(Cl)cc1CC(=O)NCC1(C)COC1. The Morgan fingerprint density at radius 3 is 2.84 bits per heavy atom. The summed E-state index contributed by atoms with van der Waals surface area (Å²) >= 11 is 5.93. The molecule has 5 heteroatoms. The highest BCUT2D eigenvalue weighted by molar-refractivity contribution is 6.30. The molecule has 4 nitrogen and oxygen atoms in total. The number of methoxy groups -OCH3 is 1. The van der Waals surface area contributed by atoms with Crippen molar-refractivity contribution in [3.05, 3.63) is 28.8 Å². The molecule has 0 aliphatic carbocycles. The second-order valence-electron chi connectivity index (χ2n) is 5.21. The van der Waals surface area contributed by atoms with Crippen LogP contribution < -0.4 is 10.1 Å². The van der Waals surface area contributed by atoms with Gasteiger partial charge in [0.25, 0.3) is 0 Å². The summed E-state index contributed by atoms with van der Waals surface area (Å²) in [4.78, 5) is 11.9. The molecule has 0 atom stereocenters. The molecule has 0 unspecified atom stereocenters. The van der Waals surface area contributed by atoms with E-state index in [1.807, 2.05) is 0 Å². The van der Waals surface area contributed by atoms with Crippen molar-refractivity contribution in [3.63, 3.8) is 0 Å². The number of amides is 1. The van der Waals surface area contributed by atoms with E-state index in [4.69, 9.17) is 21.1 Å². The Hall–Kier alpha value is -1.26. The van der Waals surface area contributed by atoms with Gasteiger partial charge in [-0.2, -0.15) is 0 Å². The zero-order valence-corrected chi connectivity index (χ0v) is 11.9. The van der Waals surface area contributed by atoms with Crippen LogP contribution in [0.25, 0.3) is 0 Å². The smallest absolute Gasteiger partial charge is 0.224 e. The van der Waals surface area contributed by atoms with E-state index in [2.05, 4.69) is 12.2 Å². The molecule has 1 N–H and O–H groups in total. The molecule has 0 saturated carbocycles. The van der Waals surface area contributed by atoms with Crippen molar-refractivity contribution >= 4 is 17.5 Å². The normalized spacial score (nSPS) is 16.6. The van der Waals surface area contributed by atoms with Gasteiger partial charge in [-0.15, -0.1) is 0 Å². The number of halogens is 1. The van der Waals surface area contributed by atoms with Gasteiger partial charge in [0, 0.05) is 22.5 Å². The molecule has 1 heterocycles. The molecule has 1 aliphatic rings. The number of hydrogen-bond donors (Lipinski definition) is 1. The zero-order chi connectivity index (χ0) is 13.9. The van der Waals surface area contributed by atoms with Gasteiger partial charge in [-0.25, -0.2) is 0 Å². The van der Waals surface area contributed by atoms with Gasteiger partial charge in [0.05, 0.1) is 26.7 Å². The first-order valence-electron chi connectivity index (χ1n) is 6.19. The van der Waals surface area contributed by atoms with Crippen LogP contribution in [0.5, 0.6) is 5.75 Å². The Balaban J connectivity index is 1.92. The Labute approximate surface area is 118 Å². The van der Waals surface area contributed by atoms with Crippen LogP contribution in [0.1, 0.15) is 12.5 Å². The minimum atomic E-state index is -0.0336. The maximum Gasteiger partial charge on any atom is 0.224 e. The van der Waals surface area contributed by atoms with Gasteiger partial charge in [-0.3, -0.25) is 4.79 Å². The molecule has 0 spiro atoms. The van der Waals surface area contributed by atoms with Crippen molar-refractivity contribution in [2.24, 2.45) is 5.41 Å². The zero-order valence-electron chi connectivity index (χ0n) is 11.2. The highest BCUT2D eigenvalue weighted by atomic mass is 35.5. The highest BCUT2D eigenvalue weighted by Gasteiger charge is 2.33. The Bertz CT molecular complexity index is 472. The first-order valence-corrected chi connectivity index (χ1v) is 6.57. The molecule has 1 amide bonds. The summed E-state index contributed by atoms with van der Waals surface area (Å²) in [6, 6.07) is 5.27. The molecule has 0 bridgehead atoms. The fourth-order valence-electron chi connectivity index (χ4n) is 1.99. The van der Waals surface area contributed by atoms with Gasteiger partial charge < -0.3 is 14.8 Å². The van der Waals surface area contributed by atoms with E-state index < -0.39 is 0 Å². The molecule has 1 aromatic rings. The molecular weight excluding hydrogens is 266 g/mol. The molecular formula is C14H18ClNO3. The molecule has 1 saturated heterocycles. The van der Waals surface area contributed by atoms with Gasteiger partial charge in [-0.1, -0.05) is 18.5 Å². The summed E-state index contributed by atoms with van der Waals surface area (Å²) in [6.45, 7) is 4.13. The van der Waals surface area contributed by atoms with E-state index in [-0.39, 0.29) is 17.7 Å². The van der Waals surface area contributed by atoms with E-state index in [0.717, 1.165) is 5.56 Å². The fourth-order valence-corrected chi connectivity index (χ4v) is 2.18. The lowest BCUT2D eigenvalue weighted by molar-refractivity contribution is -0.126. The lowest BCUT2D eigenvalue weighted by Gasteiger charge is -2.38. The number of carbonyl (C=O) groups excluding carboxylic acids is 1. The highest BCUT2D eigenvalue weighted by Crippen LogP contribution is 2.26. The van der Waals surface area contributed by atoms with E-state index in [9.17, 15) is 4.79 Å². The standard InChI is InChI=1S/C14H18ClNO3/c1-14(8-19-9-14)7-16-13(17)6-10-5-11(15)3-4-12(10)18-2/h3-5H,6-9H2,1-2H3,(H,16,17). The largest absolute Gasteiger partial charge is 0.496 e. The van der Waals surface area contributed by atoms with Gasteiger partial charge in [-0.05, 0) is 18.2 Å². The third kappa shape index (κ3) is 3.61. The average Bonchev–Trinajstić information content (AvgIpc) is 2.34. The quantitative estimate of drug-likeness (QED) is 0.900. The van der Waals surface area contributed by atoms with Crippen molar-refractivity contribution in [3.8, 4) is 5.75 Å². The minimum Gasteiger partial charge on any atom is -0.496 e.